The van der Waals surface area contributed by atoms with Gasteiger partial charge >= 0.3 is 0 Å². The van der Waals surface area contributed by atoms with Crippen molar-refractivity contribution in [2.75, 3.05) is 12.4 Å². The number of pyridine rings is 1. The summed E-state index contributed by atoms with van der Waals surface area (Å²) in [6, 6.07) is 11.3. The number of hydrogen-bond donors (Lipinski definition) is 1. The lowest BCUT2D eigenvalue weighted by atomic mass is 10.3. The molecule has 112 valence electrons. The molecule has 0 spiro atoms. The minimum Gasteiger partial charge on any atom is -0.481 e. The van der Waals surface area contributed by atoms with Crippen molar-refractivity contribution in [3.63, 3.8) is 0 Å². The van der Waals surface area contributed by atoms with E-state index < -0.39 is 0 Å². The maximum atomic E-state index is 12.8. The molecule has 1 N–H and O–H groups in total. The average molecular weight is 300 g/mol. The largest absolute Gasteiger partial charge is 0.481 e. The zero-order valence-electron chi connectivity index (χ0n) is 11.8. The summed E-state index contributed by atoms with van der Waals surface area (Å²) in [4.78, 5) is 4.22. The molecule has 0 aliphatic carbocycles. The van der Waals surface area contributed by atoms with E-state index in [1.54, 1.807) is 30.3 Å². The van der Waals surface area contributed by atoms with Gasteiger partial charge in [-0.05, 0) is 30.3 Å². The lowest BCUT2D eigenvalue weighted by Crippen LogP contribution is -1.99. The second kappa shape index (κ2) is 6.21. The van der Waals surface area contributed by atoms with Gasteiger partial charge in [-0.25, -0.2) is 9.37 Å². The Labute approximate surface area is 126 Å². The van der Waals surface area contributed by atoms with Crippen LogP contribution in [-0.2, 0) is 6.54 Å². The Bertz CT molecular complexity index is 758. The molecule has 0 amide bonds. The van der Waals surface area contributed by atoms with E-state index in [2.05, 4.69) is 20.5 Å². The fourth-order valence-corrected chi connectivity index (χ4v) is 1.82. The fraction of sp³-hybridized carbons (Fsp3) is 0.133. The van der Waals surface area contributed by atoms with Crippen LogP contribution in [0.3, 0.4) is 0 Å². The summed E-state index contributed by atoms with van der Waals surface area (Å²) in [6.45, 7) is 0.336. The molecule has 0 aliphatic rings. The van der Waals surface area contributed by atoms with Crippen LogP contribution in [0.4, 0.5) is 10.1 Å². The highest BCUT2D eigenvalue weighted by atomic mass is 19.1. The normalized spacial score (nSPS) is 10.5. The van der Waals surface area contributed by atoms with Crippen molar-refractivity contribution in [1.29, 1.82) is 0 Å². The molecule has 1 aromatic carbocycles. The third-order valence-electron chi connectivity index (χ3n) is 2.91. The summed E-state index contributed by atoms with van der Waals surface area (Å²) < 4.78 is 23.4. The molecule has 7 heteroatoms. The van der Waals surface area contributed by atoms with Crippen LogP contribution in [0.15, 0.2) is 46.9 Å². The highest BCUT2D eigenvalue weighted by Crippen LogP contribution is 2.19. The number of ether oxygens (including phenoxy) is 1. The van der Waals surface area contributed by atoms with E-state index in [-0.39, 0.29) is 5.82 Å². The monoisotopic (exact) mass is 300 g/mol. The number of methoxy groups -OCH3 is 1. The van der Waals surface area contributed by atoms with Crippen LogP contribution < -0.4 is 10.1 Å². The number of hydrogen-bond acceptors (Lipinski definition) is 6. The molecule has 3 rings (SSSR count). The Morgan fingerprint density at radius 1 is 1.14 bits per heavy atom. The van der Waals surface area contributed by atoms with Gasteiger partial charge in [-0.15, -0.1) is 10.2 Å². The topological polar surface area (TPSA) is 73.1 Å². The van der Waals surface area contributed by atoms with Gasteiger partial charge in [0.25, 0.3) is 5.89 Å². The highest BCUT2D eigenvalue weighted by molar-refractivity contribution is 5.47. The lowest BCUT2D eigenvalue weighted by Gasteiger charge is -2.02. The Morgan fingerprint density at radius 2 is 1.95 bits per heavy atom. The van der Waals surface area contributed by atoms with Gasteiger partial charge in [-0.1, -0.05) is 6.07 Å². The molecule has 0 saturated heterocycles. The molecule has 3 aromatic rings. The Morgan fingerprint density at radius 3 is 2.73 bits per heavy atom. The predicted octanol–water partition coefficient (Wildman–Crippen LogP) is 2.89. The first-order valence-electron chi connectivity index (χ1n) is 6.58. The van der Waals surface area contributed by atoms with Crippen molar-refractivity contribution in [2.24, 2.45) is 0 Å². The predicted molar refractivity (Wildman–Crippen MR) is 77.8 cm³/mol. The fourth-order valence-electron chi connectivity index (χ4n) is 1.82. The zero-order chi connectivity index (χ0) is 15.4. The van der Waals surface area contributed by atoms with Crippen molar-refractivity contribution in [2.45, 2.75) is 6.54 Å². The van der Waals surface area contributed by atoms with Crippen LogP contribution >= 0.6 is 0 Å². The molecular formula is C15H13FN4O2. The van der Waals surface area contributed by atoms with Gasteiger partial charge in [0, 0.05) is 11.8 Å². The number of rotatable bonds is 5. The molecule has 0 bridgehead atoms. The lowest BCUT2D eigenvalue weighted by molar-refractivity contribution is 0.397. The second-order valence-electron chi connectivity index (χ2n) is 4.43. The smallest absolute Gasteiger partial charge is 0.266 e. The van der Waals surface area contributed by atoms with Crippen molar-refractivity contribution in [3.05, 3.63) is 54.2 Å². The third kappa shape index (κ3) is 3.20. The van der Waals surface area contributed by atoms with Gasteiger partial charge in [0.15, 0.2) is 0 Å². The maximum Gasteiger partial charge on any atom is 0.266 e. The second-order valence-corrected chi connectivity index (χ2v) is 4.43. The quantitative estimate of drug-likeness (QED) is 0.781. The Hall–Kier alpha value is -2.96. The van der Waals surface area contributed by atoms with Gasteiger partial charge in [-0.3, -0.25) is 0 Å². The van der Waals surface area contributed by atoms with Gasteiger partial charge in [0.2, 0.25) is 11.8 Å². The Balaban J connectivity index is 1.69. The molecule has 0 radical (unpaired) electrons. The van der Waals surface area contributed by atoms with E-state index in [1.165, 1.54) is 19.2 Å². The summed E-state index contributed by atoms with van der Waals surface area (Å²) >= 11 is 0. The summed E-state index contributed by atoms with van der Waals surface area (Å²) in [6.07, 6.45) is 0. The highest BCUT2D eigenvalue weighted by Gasteiger charge is 2.10. The molecule has 0 aliphatic heterocycles. The van der Waals surface area contributed by atoms with E-state index in [0.717, 1.165) is 5.69 Å². The van der Waals surface area contributed by atoms with Crippen molar-refractivity contribution >= 4 is 5.69 Å². The van der Waals surface area contributed by atoms with Crippen LogP contribution in [-0.4, -0.2) is 22.3 Å². The molecule has 0 saturated carbocycles. The number of nitrogens with one attached hydrogen (secondary N) is 1. The molecule has 0 atom stereocenters. The van der Waals surface area contributed by atoms with E-state index in [1.807, 2.05) is 0 Å². The molecular weight excluding hydrogens is 287 g/mol. The summed E-state index contributed by atoms with van der Waals surface area (Å²) in [5.41, 5.74) is 1.31. The van der Waals surface area contributed by atoms with Gasteiger partial charge in [0.05, 0.1) is 13.7 Å². The number of nitrogens with zero attached hydrogens (tertiary/aromatic N) is 3. The van der Waals surface area contributed by atoms with Crippen LogP contribution in [0, 0.1) is 5.82 Å². The van der Waals surface area contributed by atoms with Crippen LogP contribution in [0.25, 0.3) is 11.6 Å². The minimum absolute atomic E-state index is 0.283. The molecule has 0 unspecified atom stereocenters. The van der Waals surface area contributed by atoms with Gasteiger partial charge in [0.1, 0.15) is 11.5 Å². The van der Waals surface area contributed by atoms with E-state index >= 15 is 0 Å². The molecule has 2 aromatic heterocycles. The Kier molecular flexibility index (Phi) is 3.95. The van der Waals surface area contributed by atoms with Crippen LogP contribution in [0.2, 0.25) is 0 Å². The average Bonchev–Trinajstić information content (AvgIpc) is 3.03. The van der Waals surface area contributed by atoms with Crippen LogP contribution in [0.5, 0.6) is 5.88 Å². The number of anilines is 1. The molecule has 22 heavy (non-hydrogen) atoms. The van der Waals surface area contributed by atoms with Crippen molar-refractivity contribution in [1.82, 2.24) is 15.2 Å². The SMILES string of the molecule is COc1cccc(-c2nnc(CNc3ccc(F)cc3)o2)n1. The van der Waals surface area contributed by atoms with Crippen LogP contribution in [0.1, 0.15) is 5.89 Å². The first-order valence-corrected chi connectivity index (χ1v) is 6.58. The van der Waals surface area contributed by atoms with E-state index in [0.29, 0.717) is 29.9 Å². The summed E-state index contributed by atoms with van der Waals surface area (Å²) in [5, 5.41) is 11.0. The van der Waals surface area contributed by atoms with Gasteiger partial charge < -0.3 is 14.5 Å². The third-order valence-corrected chi connectivity index (χ3v) is 2.91. The minimum atomic E-state index is -0.283. The number of benzene rings is 1. The number of aromatic nitrogens is 3. The first kappa shape index (κ1) is 14.0. The maximum absolute atomic E-state index is 12.8. The molecule has 0 fully saturated rings. The van der Waals surface area contributed by atoms with Crippen molar-refractivity contribution < 1.29 is 13.5 Å². The summed E-state index contributed by atoms with van der Waals surface area (Å²) in [5.74, 6) is 0.912. The number of halogens is 1. The zero-order valence-corrected chi connectivity index (χ0v) is 11.8. The molecule has 6 nitrogen and oxygen atoms in total. The first-order chi connectivity index (χ1) is 10.7. The van der Waals surface area contributed by atoms with E-state index in [4.69, 9.17) is 9.15 Å². The standard InChI is InChI=1S/C15H13FN4O2/c1-21-13-4-2-3-12(18-13)15-20-19-14(22-15)9-17-11-7-5-10(16)6-8-11/h2-8,17H,9H2,1H3. The summed E-state index contributed by atoms with van der Waals surface area (Å²) in [7, 11) is 1.54. The van der Waals surface area contributed by atoms with E-state index in [9.17, 15) is 4.39 Å². The van der Waals surface area contributed by atoms with Gasteiger partial charge in [-0.2, -0.15) is 0 Å². The molecule has 2 heterocycles. The van der Waals surface area contributed by atoms with Crippen molar-refractivity contribution in [3.8, 4) is 17.5 Å².